The van der Waals surface area contributed by atoms with E-state index in [-0.39, 0.29) is 5.56 Å². The van der Waals surface area contributed by atoms with Gasteiger partial charge in [-0.05, 0) is 41.7 Å². The maximum absolute atomic E-state index is 13.2. The minimum Gasteiger partial charge on any atom is -0.370 e. The van der Waals surface area contributed by atoms with E-state index in [1.165, 1.54) is 18.6 Å². The van der Waals surface area contributed by atoms with Gasteiger partial charge in [-0.15, -0.1) is 0 Å². The van der Waals surface area contributed by atoms with E-state index in [2.05, 4.69) is 10.3 Å². The molecule has 132 valence electrons. The summed E-state index contributed by atoms with van der Waals surface area (Å²) in [5, 5.41) is 3.33. The lowest BCUT2D eigenvalue weighted by atomic mass is 9.98. The Hall–Kier alpha value is -2.30. The van der Waals surface area contributed by atoms with Gasteiger partial charge in [0.2, 0.25) is 0 Å². The van der Waals surface area contributed by atoms with Gasteiger partial charge in [-0.1, -0.05) is 42.8 Å². The Kier molecular flexibility index (Phi) is 5.41. The van der Waals surface area contributed by atoms with Crippen molar-refractivity contribution in [2.75, 3.05) is 6.54 Å². The Balaban J connectivity index is 1.79. The van der Waals surface area contributed by atoms with Crippen LogP contribution < -0.4 is 5.32 Å². The summed E-state index contributed by atoms with van der Waals surface area (Å²) >= 11 is 0. The molecule has 0 amide bonds. The molecule has 5 heteroatoms. The van der Waals surface area contributed by atoms with Crippen LogP contribution in [0.1, 0.15) is 36.8 Å². The van der Waals surface area contributed by atoms with Crippen molar-refractivity contribution in [3.05, 3.63) is 59.7 Å². The van der Waals surface area contributed by atoms with Gasteiger partial charge in [0.05, 0.1) is 11.4 Å². The summed E-state index contributed by atoms with van der Waals surface area (Å²) in [6.45, 7) is 1.42. The van der Waals surface area contributed by atoms with Crippen molar-refractivity contribution in [2.24, 2.45) is 4.99 Å². The number of nitrogens with one attached hydrogen (secondary N) is 1. The third kappa shape index (κ3) is 4.62. The first-order chi connectivity index (χ1) is 12.0. The number of amidine groups is 1. The van der Waals surface area contributed by atoms with Crippen molar-refractivity contribution < 1.29 is 13.2 Å². The van der Waals surface area contributed by atoms with Crippen molar-refractivity contribution in [1.29, 1.82) is 0 Å². The number of benzene rings is 2. The van der Waals surface area contributed by atoms with Crippen LogP contribution in [0.3, 0.4) is 0 Å². The van der Waals surface area contributed by atoms with Gasteiger partial charge >= 0.3 is 6.18 Å². The molecular weight excluding hydrogens is 325 g/mol. The molecule has 25 heavy (non-hydrogen) atoms. The molecule has 1 aliphatic heterocycles. The molecule has 3 rings (SSSR count). The van der Waals surface area contributed by atoms with Gasteiger partial charge in [-0.25, -0.2) is 0 Å². The first-order valence-corrected chi connectivity index (χ1v) is 8.57. The average Bonchev–Trinajstić information content (AvgIpc) is 2.88. The highest BCUT2D eigenvalue weighted by Gasteiger charge is 2.33. The molecular formula is C20H21F3N2. The molecule has 0 saturated carbocycles. The van der Waals surface area contributed by atoms with E-state index in [0.29, 0.717) is 12.1 Å². The van der Waals surface area contributed by atoms with Gasteiger partial charge in [-0.2, -0.15) is 13.2 Å². The summed E-state index contributed by atoms with van der Waals surface area (Å²) in [4.78, 5) is 4.52. The van der Waals surface area contributed by atoms with Gasteiger partial charge in [0, 0.05) is 19.5 Å². The molecule has 0 aliphatic carbocycles. The van der Waals surface area contributed by atoms with E-state index >= 15 is 0 Å². The van der Waals surface area contributed by atoms with E-state index in [4.69, 9.17) is 0 Å². The van der Waals surface area contributed by atoms with E-state index < -0.39 is 11.7 Å². The van der Waals surface area contributed by atoms with Crippen molar-refractivity contribution in [1.82, 2.24) is 5.32 Å². The van der Waals surface area contributed by atoms with E-state index in [9.17, 15) is 13.2 Å². The minimum absolute atomic E-state index is 0.212. The van der Waals surface area contributed by atoms with Gasteiger partial charge < -0.3 is 5.32 Å². The van der Waals surface area contributed by atoms with E-state index in [1.807, 2.05) is 12.1 Å². The van der Waals surface area contributed by atoms with Crippen molar-refractivity contribution in [3.8, 4) is 11.1 Å². The largest absolute Gasteiger partial charge is 0.417 e. The Bertz CT molecular complexity index is 751. The fourth-order valence-electron chi connectivity index (χ4n) is 3.05. The molecule has 1 N–H and O–H groups in total. The molecule has 1 aliphatic rings. The van der Waals surface area contributed by atoms with Gasteiger partial charge in [0.15, 0.2) is 0 Å². The second kappa shape index (κ2) is 7.72. The zero-order chi connectivity index (χ0) is 17.7. The zero-order valence-electron chi connectivity index (χ0n) is 13.9. The van der Waals surface area contributed by atoms with Crippen LogP contribution in [0, 0.1) is 0 Å². The van der Waals surface area contributed by atoms with Crippen LogP contribution in [0.25, 0.3) is 11.1 Å². The molecule has 0 fully saturated rings. The van der Waals surface area contributed by atoms with E-state index in [1.54, 1.807) is 18.2 Å². The Labute approximate surface area is 145 Å². The number of hydrogen-bond acceptors (Lipinski definition) is 2. The average molecular weight is 346 g/mol. The maximum Gasteiger partial charge on any atom is 0.417 e. The third-order valence-electron chi connectivity index (χ3n) is 4.34. The number of rotatable bonds is 3. The number of hydrogen-bond donors (Lipinski definition) is 1. The van der Waals surface area contributed by atoms with E-state index in [0.717, 1.165) is 43.3 Å². The maximum atomic E-state index is 13.2. The first-order valence-electron chi connectivity index (χ1n) is 8.57. The van der Waals surface area contributed by atoms with Gasteiger partial charge in [0.1, 0.15) is 0 Å². The van der Waals surface area contributed by atoms with Crippen LogP contribution in [0.2, 0.25) is 0 Å². The summed E-state index contributed by atoms with van der Waals surface area (Å²) in [6.07, 6.45) is 0.0225. The lowest BCUT2D eigenvalue weighted by Gasteiger charge is -2.14. The molecule has 0 atom stereocenters. The number of alkyl halides is 3. The first kappa shape index (κ1) is 17.5. The van der Waals surface area contributed by atoms with Crippen molar-refractivity contribution >= 4 is 5.84 Å². The smallest absolute Gasteiger partial charge is 0.370 e. The lowest BCUT2D eigenvalue weighted by molar-refractivity contribution is -0.137. The standard InChI is InChI=1S/C20H21F3N2/c21-20(22,23)18-10-4-3-9-17(18)16-8-6-7-15(13-16)14-25-19-11-2-1-5-12-24-19/h3-4,6-10,13H,1-2,5,11-12,14H2,(H,24,25). The van der Waals surface area contributed by atoms with Crippen LogP contribution in [0.15, 0.2) is 53.5 Å². The fourth-order valence-corrected chi connectivity index (χ4v) is 3.05. The molecule has 2 aromatic rings. The third-order valence-corrected chi connectivity index (χ3v) is 4.34. The highest BCUT2D eigenvalue weighted by atomic mass is 19.4. The van der Waals surface area contributed by atoms with Crippen LogP contribution in [0.5, 0.6) is 0 Å². The highest BCUT2D eigenvalue weighted by molar-refractivity contribution is 5.82. The van der Waals surface area contributed by atoms with Gasteiger partial charge in [-0.3, -0.25) is 4.99 Å². The second-order valence-electron chi connectivity index (χ2n) is 6.24. The minimum atomic E-state index is -4.36. The van der Waals surface area contributed by atoms with Crippen molar-refractivity contribution in [3.63, 3.8) is 0 Å². The summed E-state index contributed by atoms with van der Waals surface area (Å²) in [6, 6.07) is 13.0. The number of nitrogens with zero attached hydrogens (tertiary/aromatic N) is 1. The molecule has 0 radical (unpaired) electrons. The normalized spacial score (nSPS) is 15.4. The molecule has 0 unspecified atom stereocenters. The van der Waals surface area contributed by atoms with Crippen LogP contribution >= 0.6 is 0 Å². The topological polar surface area (TPSA) is 24.4 Å². The number of halogens is 3. The Morgan fingerprint density at radius 2 is 1.80 bits per heavy atom. The summed E-state index contributed by atoms with van der Waals surface area (Å²) in [5.74, 6) is 0.999. The van der Waals surface area contributed by atoms with Crippen LogP contribution in [-0.4, -0.2) is 12.4 Å². The predicted octanol–water partition coefficient (Wildman–Crippen LogP) is 5.43. The summed E-state index contributed by atoms with van der Waals surface area (Å²) in [7, 11) is 0. The second-order valence-corrected chi connectivity index (χ2v) is 6.24. The zero-order valence-corrected chi connectivity index (χ0v) is 13.9. The summed E-state index contributed by atoms with van der Waals surface area (Å²) in [5.41, 5.74) is 1.13. The monoisotopic (exact) mass is 346 g/mol. The lowest BCUT2D eigenvalue weighted by Crippen LogP contribution is -2.22. The fraction of sp³-hybridized carbons (Fsp3) is 0.350. The van der Waals surface area contributed by atoms with Gasteiger partial charge in [0.25, 0.3) is 0 Å². The Morgan fingerprint density at radius 3 is 2.64 bits per heavy atom. The van der Waals surface area contributed by atoms with Crippen LogP contribution in [-0.2, 0) is 12.7 Å². The molecule has 1 heterocycles. The molecule has 0 spiro atoms. The molecule has 2 aromatic carbocycles. The highest BCUT2D eigenvalue weighted by Crippen LogP contribution is 2.37. The molecule has 0 bridgehead atoms. The quantitative estimate of drug-likeness (QED) is 0.787. The molecule has 2 nitrogen and oxygen atoms in total. The molecule has 0 saturated heterocycles. The Morgan fingerprint density at radius 1 is 0.960 bits per heavy atom. The SMILES string of the molecule is FC(F)(F)c1ccccc1-c1cccc(CNC2=NCCCCC2)c1. The van der Waals surface area contributed by atoms with Crippen molar-refractivity contribution in [2.45, 2.75) is 38.4 Å². The van der Waals surface area contributed by atoms with Crippen LogP contribution in [0.4, 0.5) is 13.2 Å². The molecule has 0 aromatic heterocycles. The summed E-state index contributed by atoms with van der Waals surface area (Å²) < 4.78 is 39.7. The predicted molar refractivity (Wildman–Crippen MR) is 94.5 cm³/mol. The number of aliphatic imine (C=N–C) groups is 1.